The molecule has 0 heterocycles. The highest BCUT2D eigenvalue weighted by molar-refractivity contribution is 7.92. The molecule has 39 heavy (non-hydrogen) atoms. The summed E-state index contributed by atoms with van der Waals surface area (Å²) in [5.74, 6) is -0.798. The number of amides is 2. The Bertz CT molecular complexity index is 1330. The minimum atomic E-state index is -4.15. The Hall–Kier alpha value is -3.92. The summed E-state index contributed by atoms with van der Waals surface area (Å²) in [6, 6.07) is 19.0. The van der Waals surface area contributed by atoms with E-state index in [-0.39, 0.29) is 23.0 Å². The Kier molecular flexibility index (Phi) is 10.4. The van der Waals surface area contributed by atoms with Gasteiger partial charge in [0.1, 0.15) is 24.2 Å². The van der Waals surface area contributed by atoms with Crippen LogP contribution in [0.15, 0.2) is 83.8 Å². The van der Waals surface area contributed by atoms with Gasteiger partial charge < -0.3 is 15.0 Å². The van der Waals surface area contributed by atoms with Gasteiger partial charge in [0.25, 0.3) is 10.0 Å². The summed E-state index contributed by atoms with van der Waals surface area (Å²) in [6.07, 6.45) is 0.299. The predicted molar refractivity (Wildman–Crippen MR) is 148 cm³/mol. The molecule has 208 valence electrons. The number of hydrogen-bond donors (Lipinski definition) is 1. The van der Waals surface area contributed by atoms with Crippen molar-refractivity contribution >= 4 is 27.5 Å². The van der Waals surface area contributed by atoms with Gasteiger partial charge in [-0.2, -0.15) is 0 Å². The molecule has 0 spiro atoms. The molecule has 3 aromatic carbocycles. The quantitative estimate of drug-likeness (QED) is 0.338. The third-order valence-electron chi connectivity index (χ3n) is 6.05. The van der Waals surface area contributed by atoms with E-state index in [0.717, 1.165) is 4.31 Å². The van der Waals surface area contributed by atoms with Crippen LogP contribution in [0.1, 0.15) is 32.8 Å². The van der Waals surface area contributed by atoms with E-state index < -0.39 is 34.3 Å². The van der Waals surface area contributed by atoms with Crippen molar-refractivity contribution in [3.8, 4) is 5.75 Å². The number of rotatable bonds is 13. The number of halogens is 1. The molecule has 0 aliphatic heterocycles. The number of carbonyl (C=O) groups is 2. The number of benzene rings is 3. The first kappa shape index (κ1) is 29.6. The zero-order chi connectivity index (χ0) is 28.4. The second-order valence-corrected chi connectivity index (χ2v) is 10.6. The highest BCUT2D eigenvalue weighted by Crippen LogP contribution is 2.27. The van der Waals surface area contributed by atoms with Crippen LogP contribution in [0.5, 0.6) is 5.75 Å². The van der Waals surface area contributed by atoms with Gasteiger partial charge in [-0.15, -0.1) is 0 Å². The molecule has 0 saturated carbocycles. The van der Waals surface area contributed by atoms with Gasteiger partial charge in [0, 0.05) is 13.1 Å². The lowest BCUT2D eigenvalue weighted by Crippen LogP contribution is -2.52. The lowest BCUT2D eigenvalue weighted by atomic mass is 10.1. The van der Waals surface area contributed by atoms with Gasteiger partial charge in [0.05, 0.1) is 17.2 Å². The molecular weight excluding hydrogens is 521 g/mol. The van der Waals surface area contributed by atoms with Gasteiger partial charge in [-0.3, -0.25) is 13.9 Å². The molecule has 10 heteroatoms. The average Bonchev–Trinajstić information content (AvgIpc) is 2.94. The van der Waals surface area contributed by atoms with Crippen molar-refractivity contribution in [3.05, 3.63) is 90.2 Å². The monoisotopic (exact) mass is 555 g/mol. The van der Waals surface area contributed by atoms with Gasteiger partial charge in [-0.1, -0.05) is 37.3 Å². The van der Waals surface area contributed by atoms with Crippen molar-refractivity contribution in [3.63, 3.8) is 0 Å². The third kappa shape index (κ3) is 7.57. The first-order valence-electron chi connectivity index (χ1n) is 12.8. The van der Waals surface area contributed by atoms with Crippen LogP contribution >= 0.6 is 0 Å². The molecule has 0 saturated heterocycles. The maximum atomic E-state index is 13.9. The van der Waals surface area contributed by atoms with Crippen LogP contribution in [0, 0.1) is 5.82 Å². The van der Waals surface area contributed by atoms with Crippen molar-refractivity contribution < 1.29 is 27.1 Å². The van der Waals surface area contributed by atoms with E-state index in [9.17, 15) is 22.4 Å². The van der Waals surface area contributed by atoms with E-state index in [0.29, 0.717) is 30.9 Å². The SMILES string of the molecule is CCNC(=O)[C@@H](CC)N(Cc1ccc(F)cc1)C(=O)CN(c1ccc(OCC)cc1)S(=O)(=O)c1ccccc1. The van der Waals surface area contributed by atoms with Crippen LogP contribution in [-0.4, -0.2) is 50.9 Å². The van der Waals surface area contributed by atoms with Crippen molar-refractivity contribution in [2.75, 3.05) is 24.0 Å². The fourth-order valence-electron chi connectivity index (χ4n) is 4.12. The van der Waals surface area contributed by atoms with Crippen LogP contribution in [0.4, 0.5) is 10.1 Å². The van der Waals surface area contributed by atoms with Crippen LogP contribution in [0.25, 0.3) is 0 Å². The molecule has 3 rings (SSSR count). The van der Waals surface area contributed by atoms with Crippen molar-refractivity contribution in [2.24, 2.45) is 0 Å². The van der Waals surface area contributed by atoms with Crippen LogP contribution in [0.3, 0.4) is 0 Å². The highest BCUT2D eigenvalue weighted by atomic mass is 32.2. The van der Waals surface area contributed by atoms with E-state index in [2.05, 4.69) is 5.32 Å². The molecule has 2 amide bonds. The number of ether oxygens (including phenoxy) is 1. The molecular formula is C29H34FN3O5S. The summed E-state index contributed by atoms with van der Waals surface area (Å²) in [5, 5.41) is 2.75. The number of hydrogen-bond acceptors (Lipinski definition) is 5. The zero-order valence-corrected chi connectivity index (χ0v) is 23.2. The Morgan fingerprint density at radius 3 is 2.13 bits per heavy atom. The molecule has 1 N–H and O–H groups in total. The largest absolute Gasteiger partial charge is 0.494 e. The van der Waals surface area contributed by atoms with Gasteiger partial charge in [-0.05, 0) is 74.4 Å². The fourth-order valence-corrected chi connectivity index (χ4v) is 5.56. The molecule has 0 aromatic heterocycles. The predicted octanol–water partition coefficient (Wildman–Crippen LogP) is 4.36. The summed E-state index contributed by atoms with van der Waals surface area (Å²) in [6.45, 7) is 5.65. The summed E-state index contributed by atoms with van der Waals surface area (Å²) in [5.41, 5.74) is 0.870. The molecule has 3 aromatic rings. The topological polar surface area (TPSA) is 96.0 Å². The molecule has 0 radical (unpaired) electrons. The Labute approximate surface area is 229 Å². The zero-order valence-electron chi connectivity index (χ0n) is 22.3. The van der Waals surface area contributed by atoms with Crippen molar-refractivity contribution in [2.45, 2.75) is 44.7 Å². The van der Waals surface area contributed by atoms with E-state index in [4.69, 9.17) is 4.74 Å². The summed E-state index contributed by atoms with van der Waals surface area (Å²) in [7, 11) is -4.15. The molecule has 0 aliphatic carbocycles. The molecule has 0 fully saturated rings. The van der Waals surface area contributed by atoms with Gasteiger partial charge >= 0.3 is 0 Å². The third-order valence-corrected chi connectivity index (χ3v) is 7.84. The smallest absolute Gasteiger partial charge is 0.264 e. The first-order valence-corrected chi connectivity index (χ1v) is 14.3. The summed E-state index contributed by atoms with van der Waals surface area (Å²) >= 11 is 0. The van der Waals surface area contributed by atoms with Gasteiger partial charge in [0.2, 0.25) is 11.8 Å². The van der Waals surface area contributed by atoms with Crippen LogP contribution in [-0.2, 0) is 26.2 Å². The van der Waals surface area contributed by atoms with E-state index in [1.807, 2.05) is 6.92 Å². The number of nitrogens with one attached hydrogen (secondary N) is 1. The minimum Gasteiger partial charge on any atom is -0.494 e. The molecule has 0 unspecified atom stereocenters. The standard InChI is InChI=1S/C29H34FN3O5S/c1-4-27(29(35)31-5-2)32(20-22-12-14-23(30)15-13-22)28(34)21-33(24-16-18-25(19-17-24)38-6-3)39(36,37)26-10-8-7-9-11-26/h7-19,27H,4-6,20-21H2,1-3H3,(H,31,35)/t27-/m1/s1. The van der Waals surface area contributed by atoms with E-state index in [1.165, 1.54) is 41.3 Å². The number of sulfonamides is 1. The number of carbonyl (C=O) groups excluding carboxylic acids is 2. The van der Waals surface area contributed by atoms with Crippen LogP contribution < -0.4 is 14.4 Å². The highest BCUT2D eigenvalue weighted by Gasteiger charge is 2.33. The molecule has 8 nitrogen and oxygen atoms in total. The maximum Gasteiger partial charge on any atom is 0.264 e. The van der Waals surface area contributed by atoms with E-state index in [1.54, 1.807) is 56.3 Å². The maximum absolute atomic E-state index is 13.9. The van der Waals surface area contributed by atoms with Gasteiger partial charge in [-0.25, -0.2) is 12.8 Å². The number of anilines is 1. The Balaban J connectivity index is 2.04. The lowest BCUT2D eigenvalue weighted by molar-refractivity contribution is -0.140. The number of likely N-dealkylation sites (N-methyl/N-ethyl adjacent to an activating group) is 1. The van der Waals surface area contributed by atoms with E-state index >= 15 is 0 Å². The normalized spacial score (nSPS) is 11.9. The van der Waals surface area contributed by atoms with Crippen molar-refractivity contribution in [1.82, 2.24) is 10.2 Å². The lowest BCUT2D eigenvalue weighted by Gasteiger charge is -2.33. The van der Waals surface area contributed by atoms with Crippen molar-refractivity contribution in [1.29, 1.82) is 0 Å². The Morgan fingerprint density at radius 1 is 0.923 bits per heavy atom. The second kappa shape index (κ2) is 13.7. The molecule has 0 aliphatic rings. The molecule has 0 bridgehead atoms. The molecule has 1 atom stereocenters. The minimum absolute atomic E-state index is 0.00272. The van der Waals surface area contributed by atoms with Crippen LogP contribution in [0.2, 0.25) is 0 Å². The van der Waals surface area contributed by atoms with Gasteiger partial charge in [0.15, 0.2) is 0 Å². The number of nitrogens with zero attached hydrogens (tertiary/aromatic N) is 2. The second-order valence-electron chi connectivity index (χ2n) is 8.72. The summed E-state index contributed by atoms with van der Waals surface area (Å²) < 4.78 is 47.6. The summed E-state index contributed by atoms with van der Waals surface area (Å²) in [4.78, 5) is 28.2. The Morgan fingerprint density at radius 2 is 1.56 bits per heavy atom. The fraction of sp³-hybridized carbons (Fsp3) is 0.310. The average molecular weight is 556 g/mol. The first-order chi connectivity index (χ1) is 18.7.